The molecule has 0 aliphatic heterocycles. The lowest BCUT2D eigenvalue weighted by atomic mass is 10.1. The fraction of sp³-hybridized carbons (Fsp3) is 0.600. The lowest BCUT2D eigenvalue weighted by Gasteiger charge is -2.09. The average molecular weight is 210 g/mol. The van der Waals surface area contributed by atoms with Gasteiger partial charge >= 0.3 is 0 Å². The molecular weight excluding hydrogens is 192 g/mol. The van der Waals surface area contributed by atoms with Crippen LogP contribution in [-0.4, -0.2) is 28.5 Å². The van der Waals surface area contributed by atoms with E-state index in [0.717, 1.165) is 6.54 Å². The quantitative estimate of drug-likeness (QED) is 0.693. The zero-order valence-corrected chi connectivity index (χ0v) is 9.02. The van der Waals surface area contributed by atoms with Gasteiger partial charge in [-0.25, -0.2) is 4.98 Å². The zero-order chi connectivity index (χ0) is 11.1. The summed E-state index contributed by atoms with van der Waals surface area (Å²) in [6, 6.07) is 0. The van der Waals surface area contributed by atoms with Crippen LogP contribution in [0.4, 0.5) is 0 Å². The van der Waals surface area contributed by atoms with E-state index in [4.69, 9.17) is 5.73 Å². The molecule has 15 heavy (non-hydrogen) atoms. The van der Waals surface area contributed by atoms with Crippen LogP contribution < -0.4 is 11.1 Å². The van der Waals surface area contributed by atoms with Gasteiger partial charge in [-0.2, -0.15) is 0 Å². The van der Waals surface area contributed by atoms with Crippen molar-refractivity contribution >= 4 is 5.91 Å². The first-order valence-corrected chi connectivity index (χ1v) is 5.15. The van der Waals surface area contributed by atoms with Gasteiger partial charge in [-0.3, -0.25) is 4.79 Å². The normalized spacial score (nSPS) is 12.4. The van der Waals surface area contributed by atoms with Crippen LogP contribution >= 0.6 is 0 Å². The Morgan fingerprint density at radius 3 is 3.07 bits per heavy atom. The highest BCUT2D eigenvalue weighted by atomic mass is 16.1. The molecule has 0 aliphatic rings. The number of rotatable bonds is 6. The van der Waals surface area contributed by atoms with Crippen molar-refractivity contribution in [2.45, 2.75) is 19.9 Å². The van der Waals surface area contributed by atoms with E-state index in [1.54, 1.807) is 12.5 Å². The van der Waals surface area contributed by atoms with Gasteiger partial charge in [0, 0.05) is 31.9 Å². The van der Waals surface area contributed by atoms with Gasteiger partial charge in [-0.1, -0.05) is 6.92 Å². The number of amides is 1. The molecule has 1 heterocycles. The molecule has 1 unspecified atom stereocenters. The molecule has 0 fully saturated rings. The first-order chi connectivity index (χ1) is 7.22. The molecule has 1 atom stereocenters. The Bertz CT molecular complexity index is 284. The van der Waals surface area contributed by atoms with Crippen molar-refractivity contribution in [2.24, 2.45) is 11.7 Å². The zero-order valence-electron chi connectivity index (χ0n) is 9.02. The molecule has 0 radical (unpaired) electrons. The van der Waals surface area contributed by atoms with Crippen molar-refractivity contribution in [3.05, 3.63) is 18.7 Å². The monoisotopic (exact) mass is 210 g/mol. The first kappa shape index (κ1) is 11.7. The fourth-order valence-corrected chi connectivity index (χ4v) is 1.22. The second-order valence-electron chi connectivity index (χ2n) is 3.70. The van der Waals surface area contributed by atoms with Gasteiger partial charge in [0.25, 0.3) is 0 Å². The minimum Gasteiger partial charge on any atom is -0.354 e. The summed E-state index contributed by atoms with van der Waals surface area (Å²) in [5, 5.41) is 2.84. The largest absolute Gasteiger partial charge is 0.354 e. The first-order valence-electron chi connectivity index (χ1n) is 5.15. The summed E-state index contributed by atoms with van der Waals surface area (Å²) in [7, 11) is 0. The maximum absolute atomic E-state index is 11.3. The third kappa shape index (κ3) is 4.60. The standard InChI is InChI=1S/C10H18N4O/c1-9(7-11)6-10(15)13-3-5-14-4-2-12-8-14/h2,4,8-9H,3,5-7,11H2,1H3,(H,13,15). The molecule has 0 aliphatic carbocycles. The number of nitrogens with two attached hydrogens (primary N) is 1. The minimum atomic E-state index is 0.0630. The Labute approximate surface area is 89.7 Å². The van der Waals surface area contributed by atoms with E-state index in [9.17, 15) is 4.79 Å². The number of nitrogens with zero attached hydrogens (tertiary/aromatic N) is 2. The third-order valence-corrected chi connectivity index (χ3v) is 2.19. The molecular formula is C10H18N4O. The van der Waals surface area contributed by atoms with Gasteiger partial charge in [0.15, 0.2) is 0 Å². The van der Waals surface area contributed by atoms with E-state index in [0.29, 0.717) is 19.5 Å². The molecule has 84 valence electrons. The Hall–Kier alpha value is -1.36. The van der Waals surface area contributed by atoms with E-state index in [1.165, 1.54) is 0 Å². The summed E-state index contributed by atoms with van der Waals surface area (Å²) >= 11 is 0. The number of hydrogen-bond acceptors (Lipinski definition) is 3. The summed E-state index contributed by atoms with van der Waals surface area (Å²) in [5.41, 5.74) is 5.43. The van der Waals surface area contributed by atoms with Gasteiger partial charge in [-0.05, 0) is 12.5 Å². The smallest absolute Gasteiger partial charge is 0.220 e. The van der Waals surface area contributed by atoms with Crippen LogP contribution in [-0.2, 0) is 11.3 Å². The molecule has 1 aromatic rings. The van der Waals surface area contributed by atoms with Crippen LogP contribution in [0.25, 0.3) is 0 Å². The molecule has 1 rings (SSSR count). The number of imidazole rings is 1. The predicted octanol–water partition coefficient (Wildman–Crippen LogP) is -0.0158. The van der Waals surface area contributed by atoms with E-state index < -0.39 is 0 Å². The molecule has 0 spiro atoms. The summed E-state index contributed by atoms with van der Waals surface area (Å²) in [5.74, 6) is 0.311. The van der Waals surface area contributed by atoms with Crippen molar-refractivity contribution < 1.29 is 4.79 Å². The highest BCUT2D eigenvalue weighted by Crippen LogP contribution is 1.97. The van der Waals surface area contributed by atoms with Crippen LogP contribution in [0.5, 0.6) is 0 Å². The van der Waals surface area contributed by atoms with Gasteiger partial charge in [0.05, 0.1) is 6.33 Å². The van der Waals surface area contributed by atoms with Gasteiger partial charge < -0.3 is 15.6 Å². The van der Waals surface area contributed by atoms with E-state index >= 15 is 0 Å². The summed E-state index contributed by atoms with van der Waals surface area (Å²) in [4.78, 5) is 15.3. The van der Waals surface area contributed by atoms with Crippen LogP contribution in [0, 0.1) is 5.92 Å². The third-order valence-electron chi connectivity index (χ3n) is 2.19. The second-order valence-corrected chi connectivity index (χ2v) is 3.70. The molecule has 0 saturated carbocycles. The summed E-state index contributed by atoms with van der Waals surface area (Å²) < 4.78 is 1.92. The number of hydrogen-bond donors (Lipinski definition) is 2. The van der Waals surface area contributed by atoms with E-state index in [2.05, 4.69) is 10.3 Å². The fourth-order valence-electron chi connectivity index (χ4n) is 1.22. The molecule has 1 aromatic heterocycles. The molecule has 5 heteroatoms. The molecule has 0 bridgehead atoms. The maximum atomic E-state index is 11.3. The van der Waals surface area contributed by atoms with Crippen LogP contribution in [0.15, 0.2) is 18.7 Å². The summed E-state index contributed by atoms with van der Waals surface area (Å²) in [6.07, 6.45) is 5.82. The summed E-state index contributed by atoms with van der Waals surface area (Å²) in [6.45, 7) is 3.90. The molecule has 1 amide bonds. The highest BCUT2D eigenvalue weighted by molar-refractivity contribution is 5.76. The molecule has 5 nitrogen and oxygen atoms in total. The van der Waals surface area contributed by atoms with E-state index in [-0.39, 0.29) is 11.8 Å². The molecule has 3 N–H and O–H groups in total. The number of carbonyl (C=O) groups is 1. The van der Waals surface area contributed by atoms with Gasteiger partial charge in [0.2, 0.25) is 5.91 Å². The predicted molar refractivity (Wildman–Crippen MR) is 58.1 cm³/mol. The lowest BCUT2D eigenvalue weighted by Crippen LogP contribution is -2.29. The second kappa shape index (κ2) is 6.19. The molecule has 0 aromatic carbocycles. The lowest BCUT2D eigenvalue weighted by molar-refractivity contribution is -0.121. The Morgan fingerprint density at radius 1 is 1.67 bits per heavy atom. The van der Waals surface area contributed by atoms with Crippen LogP contribution in [0.2, 0.25) is 0 Å². The highest BCUT2D eigenvalue weighted by Gasteiger charge is 2.06. The van der Waals surface area contributed by atoms with Crippen LogP contribution in [0.3, 0.4) is 0 Å². The van der Waals surface area contributed by atoms with Crippen LogP contribution in [0.1, 0.15) is 13.3 Å². The Morgan fingerprint density at radius 2 is 2.47 bits per heavy atom. The topological polar surface area (TPSA) is 72.9 Å². The SMILES string of the molecule is CC(CN)CC(=O)NCCn1ccnc1. The van der Waals surface area contributed by atoms with Gasteiger partial charge in [0.1, 0.15) is 0 Å². The van der Waals surface area contributed by atoms with Crippen molar-refractivity contribution in [1.82, 2.24) is 14.9 Å². The number of nitrogens with one attached hydrogen (secondary N) is 1. The number of aromatic nitrogens is 2. The van der Waals surface area contributed by atoms with E-state index in [1.807, 2.05) is 17.7 Å². The number of carbonyl (C=O) groups excluding carboxylic acids is 1. The Kier molecular flexibility index (Phi) is 4.83. The molecule has 0 saturated heterocycles. The average Bonchev–Trinajstić information content (AvgIpc) is 2.70. The van der Waals surface area contributed by atoms with Crippen molar-refractivity contribution in [3.8, 4) is 0 Å². The maximum Gasteiger partial charge on any atom is 0.220 e. The van der Waals surface area contributed by atoms with Crippen molar-refractivity contribution in [1.29, 1.82) is 0 Å². The Balaban J connectivity index is 2.12. The van der Waals surface area contributed by atoms with Crippen molar-refractivity contribution in [2.75, 3.05) is 13.1 Å². The minimum absolute atomic E-state index is 0.0630. The van der Waals surface area contributed by atoms with Crippen molar-refractivity contribution in [3.63, 3.8) is 0 Å². The van der Waals surface area contributed by atoms with Gasteiger partial charge in [-0.15, -0.1) is 0 Å².